The number of morpholine rings is 2. The Kier molecular flexibility index (Phi) is 5.03. The lowest BCUT2D eigenvalue weighted by atomic mass is 10.2. The molecule has 0 aromatic heterocycles. The molecule has 4 nitrogen and oxygen atoms in total. The molecule has 0 amide bonds. The third-order valence-electron chi connectivity index (χ3n) is 3.78. The number of hydrogen-bond acceptors (Lipinski definition) is 4. The molecule has 0 saturated carbocycles. The van der Waals surface area contributed by atoms with Gasteiger partial charge in [0.25, 0.3) is 0 Å². The second-order valence-corrected chi connectivity index (χ2v) is 7.48. The summed E-state index contributed by atoms with van der Waals surface area (Å²) in [5.41, 5.74) is 1.33. The van der Waals surface area contributed by atoms with E-state index < -0.39 is 8.22 Å². The van der Waals surface area contributed by atoms with E-state index in [1.54, 1.807) is 0 Å². The van der Waals surface area contributed by atoms with Gasteiger partial charge in [-0.15, -0.1) is 0 Å². The highest BCUT2D eigenvalue weighted by Gasteiger charge is 2.29. The van der Waals surface area contributed by atoms with Crippen LogP contribution in [0, 0.1) is 6.92 Å². The molecule has 20 heavy (non-hydrogen) atoms. The van der Waals surface area contributed by atoms with E-state index in [1.807, 2.05) is 0 Å². The van der Waals surface area contributed by atoms with Crippen molar-refractivity contribution in [3.8, 4) is 0 Å². The SMILES string of the molecule is Cc1ccc(P(N2CCOCC2)N2CCOCC2)cc1. The van der Waals surface area contributed by atoms with E-state index in [9.17, 15) is 0 Å². The molecule has 1 aromatic rings. The van der Waals surface area contributed by atoms with Crippen LogP contribution in [-0.4, -0.2) is 61.9 Å². The molecule has 2 aliphatic rings. The van der Waals surface area contributed by atoms with Gasteiger partial charge in [0.15, 0.2) is 0 Å². The van der Waals surface area contributed by atoms with Gasteiger partial charge in [-0.25, -0.2) is 0 Å². The van der Waals surface area contributed by atoms with Gasteiger partial charge in [-0.1, -0.05) is 29.8 Å². The molecular formula is C15H23N2O2P. The molecule has 0 bridgehead atoms. The Morgan fingerprint density at radius 2 is 1.25 bits per heavy atom. The second-order valence-electron chi connectivity index (χ2n) is 5.26. The summed E-state index contributed by atoms with van der Waals surface area (Å²) >= 11 is 0. The fourth-order valence-corrected chi connectivity index (χ4v) is 5.18. The van der Waals surface area contributed by atoms with Crippen LogP contribution in [0.25, 0.3) is 0 Å². The predicted molar refractivity (Wildman–Crippen MR) is 82.5 cm³/mol. The fourth-order valence-electron chi connectivity index (χ4n) is 2.67. The highest BCUT2D eigenvalue weighted by Crippen LogP contribution is 2.44. The van der Waals surface area contributed by atoms with Crippen molar-refractivity contribution in [2.45, 2.75) is 6.92 Å². The molecule has 3 rings (SSSR count). The molecule has 0 N–H and O–H groups in total. The summed E-state index contributed by atoms with van der Waals surface area (Å²) < 4.78 is 16.2. The number of aryl methyl sites for hydroxylation is 1. The summed E-state index contributed by atoms with van der Waals surface area (Å²) in [5.74, 6) is 0. The first-order valence-corrected chi connectivity index (χ1v) is 8.61. The zero-order valence-corrected chi connectivity index (χ0v) is 13.0. The quantitative estimate of drug-likeness (QED) is 0.791. The Hall–Kier alpha value is -0.510. The minimum Gasteiger partial charge on any atom is -0.379 e. The van der Waals surface area contributed by atoms with Gasteiger partial charge in [0.05, 0.1) is 34.7 Å². The van der Waals surface area contributed by atoms with Crippen molar-refractivity contribution < 1.29 is 9.47 Å². The van der Waals surface area contributed by atoms with E-state index in [1.165, 1.54) is 10.9 Å². The zero-order valence-electron chi connectivity index (χ0n) is 12.1. The van der Waals surface area contributed by atoms with E-state index in [-0.39, 0.29) is 0 Å². The van der Waals surface area contributed by atoms with E-state index in [0.29, 0.717) is 0 Å². The van der Waals surface area contributed by atoms with Crippen LogP contribution in [0.1, 0.15) is 5.56 Å². The van der Waals surface area contributed by atoms with Crippen molar-refractivity contribution in [3.63, 3.8) is 0 Å². The van der Waals surface area contributed by atoms with Crippen molar-refractivity contribution in [3.05, 3.63) is 29.8 Å². The van der Waals surface area contributed by atoms with Crippen LogP contribution in [0.2, 0.25) is 0 Å². The van der Waals surface area contributed by atoms with Crippen molar-refractivity contribution in [2.24, 2.45) is 0 Å². The van der Waals surface area contributed by atoms with E-state index in [0.717, 1.165) is 52.6 Å². The number of benzene rings is 1. The Morgan fingerprint density at radius 1 is 0.800 bits per heavy atom. The van der Waals surface area contributed by atoms with Gasteiger partial charge < -0.3 is 9.47 Å². The molecule has 2 heterocycles. The molecule has 110 valence electrons. The maximum Gasteiger partial charge on any atom is 0.0727 e. The number of rotatable bonds is 3. The van der Waals surface area contributed by atoms with Crippen LogP contribution in [0.15, 0.2) is 24.3 Å². The highest BCUT2D eigenvalue weighted by molar-refractivity contribution is 7.61. The van der Waals surface area contributed by atoms with Crippen molar-refractivity contribution >= 4 is 13.5 Å². The van der Waals surface area contributed by atoms with Crippen molar-refractivity contribution in [2.75, 3.05) is 52.6 Å². The first kappa shape index (κ1) is 14.4. The lowest BCUT2D eigenvalue weighted by molar-refractivity contribution is 0.0593. The molecule has 2 saturated heterocycles. The molecule has 0 unspecified atom stereocenters. The van der Waals surface area contributed by atoms with Crippen LogP contribution >= 0.6 is 8.22 Å². The Bertz CT molecular complexity index is 396. The first-order valence-electron chi connectivity index (χ1n) is 7.36. The lowest BCUT2D eigenvalue weighted by Crippen LogP contribution is -2.43. The Balaban J connectivity index is 1.83. The minimum absolute atomic E-state index is 0.398. The molecule has 1 aromatic carbocycles. The van der Waals surface area contributed by atoms with Gasteiger partial charge in [0.2, 0.25) is 0 Å². The van der Waals surface area contributed by atoms with Crippen molar-refractivity contribution in [1.29, 1.82) is 0 Å². The monoisotopic (exact) mass is 294 g/mol. The van der Waals surface area contributed by atoms with Gasteiger partial charge >= 0.3 is 0 Å². The van der Waals surface area contributed by atoms with Gasteiger partial charge in [0, 0.05) is 31.5 Å². The summed E-state index contributed by atoms with van der Waals surface area (Å²) in [6, 6.07) is 9.05. The van der Waals surface area contributed by atoms with Crippen molar-refractivity contribution in [1.82, 2.24) is 9.34 Å². The van der Waals surface area contributed by atoms with Gasteiger partial charge in [-0.3, -0.25) is 9.34 Å². The summed E-state index contributed by atoms with van der Waals surface area (Å²) in [7, 11) is -0.398. The average Bonchev–Trinajstić information content (AvgIpc) is 2.52. The number of ether oxygens (including phenoxy) is 2. The summed E-state index contributed by atoms with van der Waals surface area (Å²) in [6.07, 6.45) is 0. The molecule has 2 aliphatic heterocycles. The fraction of sp³-hybridized carbons (Fsp3) is 0.600. The van der Waals surface area contributed by atoms with E-state index in [4.69, 9.17) is 9.47 Å². The molecular weight excluding hydrogens is 271 g/mol. The number of nitrogens with zero attached hydrogens (tertiary/aromatic N) is 2. The summed E-state index contributed by atoms with van der Waals surface area (Å²) in [5, 5.41) is 1.45. The molecule has 0 atom stereocenters. The first-order chi connectivity index (χ1) is 9.84. The maximum absolute atomic E-state index is 5.52. The topological polar surface area (TPSA) is 24.9 Å². The van der Waals surface area contributed by atoms with Crippen LogP contribution in [0.4, 0.5) is 0 Å². The second kappa shape index (κ2) is 6.97. The van der Waals surface area contributed by atoms with Crippen LogP contribution < -0.4 is 5.30 Å². The lowest BCUT2D eigenvalue weighted by Gasteiger charge is -2.42. The van der Waals surface area contributed by atoms with Crippen LogP contribution in [0.3, 0.4) is 0 Å². The van der Waals surface area contributed by atoms with Gasteiger partial charge in [-0.2, -0.15) is 0 Å². The Labute approximate surface area is 122 Å². The Morgan fingerprint density at radius 3 is 1.70 bits per heavy atom. The molecule has 0 radical (unpaired) electrons. The third-order valence-corrected chi connectivity index (χ3v) is 6.41. The number of hydrogen-bond donors (Lipinski definition) is 0. The average molecular weight is 294 g/mol. The van der Waals surface area contributed by atoms with Gasteiger partial charge in [-0.05, 0) is 6.92 Å². The van der Waals surface area contributed by atoms with E-state index >= 15 is 0 Å². The largest absolute Gasteiger partial charge is 0.379 e. The molecule has 5 heteroatoms. The van der Waals surface area contributed by atoms with Crippen LogP contribution in [0.5, 0.6) is 0 Å². The molecule has 0 aliphatic carbocycles. The molecule has 2 fully saturated rings. The third kappa shape index (κ3) is 3.38. The minimum atomic E-state index is -0.398. The van der Waals surface area contributed by atoms with Gasteiger partial charge in [0.1, 0.15) is 0 Å². The predicted octanol–water partition coefficient (Wildman–Crippen LogP) is 1.60. The van der Waals surface area contributed by atoms with E-state index in [2.05, 4.69) is 40.5 Å². The maximum atomic E-state index is 5.52. The normalized spacial score (nSPS) is 22.3. The molecule has 0 spiro atoms. The highest BCUT2D eigenvalue weighted by atomic mass is 31.1. The standard InChI is InChI=1S/C15H23N2O2P/c1-14-2-4-15(5-3-14)20(16-6-10-18-11-7-16)17-8-12-19-13-9-17/h2-5H,6-13H2,1H3. The smallest absolute Gasteiger partial charge is 0.0727 e. The summed E-state index contributed by atoms with van der Waals surface area (Å²) in [4.78, 5) is 0. The van der Waals surface area contributed by atoms with Crippen LogP contribution in [-0.2, 0) is 9.47 Å². The zero-order chi connectivity index (χ0) is 13.8. The summed E-state index contributed by atoms with van der Waals surface area (Å²) in [6.45, 7) is 9.73.